The van der Waals surface area contributed by atoms with Crippen molar-refractivity contribution in [2.24, 2.45) is 0 Å². The molecule has 132 valence electrons. The molecule has 0 heterocycles. The maximum atomic E-state index is 2.33. The maximum absolute atomic E-state index is 2.33. The standard InChI is InChI=1S/C13H15.C9H7.2ClH.Si.Zr/c1-3-10-9-11-7-5-6-8-13(11)12(10)4-2;1-2-5-9-7-3-6-8(9)4-1;;;;/h5-9H,3-4H2,1-2H3;1-7H;2*1H;;/q2*-1;;;;+4/p-2. The van der Waals surface area contributed by atoms with E-state index >= 15 is 0 Å². The monoisotopic (exact) mass is 474 g/mol. The molecule has 0 saturated carbocycles. The van der Waals surface area contributed by atoms with Crippen LogP contribution < -0.4 is 24.8 Å². The van der Waals surface area contributed by atoms with Gasteiger partial charge in [-0.05, 0) is 6.42 Å². The van der Waals surface area contributed by atoms with Gasteiger partial charge in [0.1, 0.15) is 0 Å². The first-order chi connectivity index (χ1) is 10.8. The van der Waals surface area contributed by atoms with Crippen LogP contribution in [0.1, 0.15) is 25.0 Å². The van der Waals surface area contributed by atoms with E-state index in [1.165, 1.54) is 32.7 Å². The molecule has 0 unspecified atom stereocenters. The molecule has 4 aromatic carbocycles. The summed E-state index contributed by atoms with van der Waals surface area (Å²) in [6, 6.07) is 25.7. The molecule has 0 aliphatic rings. The number of fused-ring (bicyclic) bond motifs is 2. The number of aryl methyl sites for hydroxylation is 2. The van der Waals surface area contributed by atoms with E-state index in [-0.39, 0.29) is 62.0 Å². The van der Waals surface area contributed by atoms with Gasteiger partial charge < -0.3 is 24.8 Å². The smallest absolute Gasteiger partial charge is 1.00 e. The Hall–Kier alpha value is -0.660. The number of rotatable bonds is 2. The average molecular weight is 477 g/mol. The average Bonchev–Trinajstić information content (AvgIpc) is 3.18. The quantitative estimate of drug-likeness (QED) is 0.279. The van der Waals surface area contributed by atoms with E-state index < -0.39 is 0 Å². The third-order valence-electron chi connectivity index (χ3n) is 4.29. The van der Waals surface area contributed by atoms with Crippen molar-refractivity contribution in [3.63, 3.8) is 0 Å². The van der Waals surface area contributed by atoms with Gasteiger partial charge in [0.25, 0.3) is 0 Å². The second-order valence-corrected chi connectivity index (χ2v) is 5.60. The van der Waals surface area contributed by atoms with Crippen molar-refractivity contribution in [2.45, 2.75) is 26.7 Å². The van der Waals surface area contributed by atoms with Crippen LogP contribution in [-0.2, 0) is 39.0 Å². The van der Waals surface area contributed by atoms with Gasteiger partial charge in [-0.3, -0.25) is 0 Å². The molecule has 0 aliphatic carbocycles. The van der Waals surface area contributed by atoms with Crippen molar-refractivity contribution in [2.75, 3.05) is 0 Å². The molecule has 0 aromatic heterocycles. The first kappa shape index (κ1) is 27.6. The fourth-order valence-electron chi connectivity index (χ4n) is 3.15. The zero-order chi connectivity index (χ0) is 15.4. The maximum Gasteiger partial charge on any atom is 4.00 e. The molecule has 0 saturated heterocycles. The van der Waals surface area contributed by atoms with E-state index in [9.17, 15) is 0 Å². The molecular weight excluding hydrogens is 454 g/mol. The fourth-order valence-corrected chi connectivity index (χ4v) is 3.15. The minimum absolute atomic E-state index is 0. The summed E-state index contributed by atoms with van der Waals surface area (Å²) < 4.78 is 0. The van der Waals surface area contributed by atoms with Crippen LogP contribution in [0.2, 0.25) is 0 Å². The summed E-state index contributed by atoms with van der Waals surface area (Å²) in [5.41, 5.74) is 3.06. The van der Waals surface area contributed by atoms with E-state index in [0.717, 1.165) is 12.8 Å². The Morgan fingerprint density at radius 1 is 0.769 bits per heavy atom. The second-order valence-electron chi connectivity index (χ2n) is 5.60. The molecule has 4 heteroatoms. The van der Waals surface area contributed by atoms with E-state index in [1.807, 2.05) is 0 Å². The Kier molecular flexibility index (Phi) is 14.3. The Balaban J connectivity index is 0. The molecule has 4 aromatic rings. The van der Waals surface area contributed by atoms with Crippen LogP contribution >= 0.6 is 0 Å². The Morgan fingerprint density at radius 2 is 1.38 bits per heavy atom. The van der Waals surface area contributed by atoms with Crippen LogP contribution in [0.15, 0.2) is 72.8 Å². The van der Waals surface area contributed by atoms with Crippen molar-refractivity contribution in [1.82, 2.24) is 0 Å². The third-order valence-corrected chi connectivity index (χ3v) is 4.29. The molecule has 0 aliphatic heterocycles. The van der Waals surface area contributed by atoms with E-state index in [2.05, 4.69) is 86.6 Å². The number of hydrogen-bond acceptors (Lipinski definition) is 0. The van der Waals surface area contributed by atoms with Gasteiger partial charge >= 0.3 is 26.2 Å². The summed E-state index contributed by atoms with van der Waals surface area (Å²) in [6.45, 7) is 4.47. The van der Waals surface area contributed by atoms with Crippen LogP contribution in [0.5, 0.6) is 0 Å². The van der Waals surface area contributed by atoms with Gasteiger partial charge in [0, 0.05) is 11.0 Å². The second kappa shape index (κ2) is 13.5. The first-order valence-electron chi connectivity index (χ1n) is 8.10. The van der Waals surface area contributed by atoms with E-state index in [4.69, 9.17) is 0 Å². The molecule has 4 rings (SSSR count). The minimum atomic E-state index is 0. The molecule has 0 spiro atoms. The summed E-state index contributed by atoms with van der Waals surface area (Å²) in [4.78, 5) is 0. The third kappa shape index (κ3) is 6.20. The molecule has 0 nitrogen and oxygen atoms in total. The minimum Gasteiger partial charge on any atom is -1.00 e. The van der Waals surface area contributed by atoms with Gasteiger partial charge in [0.15, 0.2) is 0 Å². The molecule has 0 bridgehead atoms. The Morgan fingerprint density at radius 3 is 2.00 bits per heavy atom. The van der Waals surface area contributed by atoms with Crippen molar-refractivity contribution in [1.29, 1.82) is 0 Å². The summed E-state index contributed by atoms with van der Waals surface area (Å²) in [5, 5.41) is 5.51. The first-order valence-corrected chi connectivity index (χ1v) is 8.10. The van der Waals surface area contributed by atoms with Crippen molar-refractivity contribution in [3.05, 3.63) is 83.9 Å². The number of benzene rings is 2. The summed E-state index contributed by atoms with van der Waals surface area (Å²) in [6.07, 6.45) is 2.30. The van der Waals surface area contributed by atoms with Gasteiger partial charge in [-0.25, -0.2) is 0 Å². The topological polar surface area (TPSA) is 0 Å². The predicted molar refractivity (Wildman–Crippen MR) is 104 cm³/mol. The summed E-state index contributed by atoms with van der Waals surface area (Å²) in [5.74, 6) is 0. The van der Waals surface area contributed by atoms with Crippen LogP contribution in [0.4, 0.5) is 0 Å². The molecule has 0 atom stereocenters. The Labute approximate surface area is 193 Å². The van der Waals surface area contributed by atoms with Gasteiger partial charge in [0.2, 0.25) is 0 Å². The van der Waals surface area contributed by atoms with Crippen molar-refractivity contribution < 1.29 is 51.0 Å². The van der Waals surface area contributed by atoms with E-state index in [1.54, 1.807) is 0 Å². The fraction of sp³-hybridized carbons (Fsp3) is 0.182. The van der Waals surface area contributed by atoms with Gasteiger partial charge in [-0.1, -0.05) is 32.4 Å². The molecule has 26 heavy (non-hydrogen) atoms. The normalized spacial score (nSPS) is 9.00. The van der Waals surface area contributed by atoms with Crippen LogP contribution in [0.25, 0.3) is 21.5 Å². The molecule has 0 amide bonds. The molecule has 0 fully saturated rings. The van der Waals surface area contributed by atoms with E-state index in [0.29, 0.717) is 0 Å². The SMILES string of the molecule is CCc1[cH-]c2ccccc2c1CC.[Cl-].[Cl-].[Si].[Zr+4].c1ccc2[cH-]ccc2c1. The summed E-state index contributed by atoms with van der Waals surface area (Å²) >= 11 is 0. The molecular formula is C22H22Cl2SiZr. The van der Waals surface area contributed by atoms with Crippen LogP contribution in [0.3, 0.4) is 0 Å². The number of halogens is 2. The number of hydrogen-bond donors (Lipinski definition) is 0. The van der Waals surface area contributed by atoms with Crippen molar-refractivity contribution in [3.8, 4) is 0 Å². The van der Waals surface area contributed by atoms with Gasteiger partial charge in [-0.2, -0.15) is 23.1 Å². The van der Waals surface area contributed by atoms with Crippen LogP contribution in [0, 0.1) is 0 Å². The zero-order valence-electron chi connectivity index (χ0n) is 15.1. The van der Waals surface area contributed by atoms with Crippen LogP contribution in [-0.4, -0.2) is 11.0 Å². The zero-order valence-corrected chi connectivity index (χ0v) is 20.1. The molecule has 4 radical (unpaired) electrons. The Bertz CT molecular complexity index is 850. The predicted octanol–water partition coefficient (Wildman–Crippen LogP) is -0.133. The molecule has 0 N–H and O–H groups in total. The van der Waals surface area contributed by atoms with Crippen molar-refractivity contribution >= 4 is 32.5 Å². The van der Waals surface area contributed by atoms with Gasteiger partial charge in [0.05, 0.1) is 0 Å². The summed E-state index contributed by atoms with van der Waals surface area (Å²) in [7, 11) is 0. The van der Waals surface area contributed by atoms with Gasteiger partial charge in [-0.15, -0.1) is 70.3 Å². The largest absolute Gasteiger partial charge is 4.00 e.